The quantitative estimate of drug-likeness (QED) is 0.608. The minimum Gasteiger partial charge on any atom is -0.287 e. The lowest BCUT2D eigenvalue weighted by molar-refractivity contribution is -0.124. The molecular weight excluding hydrogens is 252 g/mol. The van der Waals surface area contributed by atoms with Gasteiger partial charge in [0, 0.05) is 11.8 Å². The molecule has 0 aliphatic carbocycles. The monoisotopic (exact) mass is 284 g/mol. The summed E-state index contributed by atoms with van der Waals surface area (Å²) < 4.78 is 0. The van der Waals surface area contributed by atoms with Crippen LogP contribution in [0.15, 0.2) is 28.9 Å². The summed E-state index contributed by atoms with van der Waals surface area (Å²) in [4.78, 5) is 25.6. The first-order valence-corrected chi connectivity index (χ1v) is 7.38. The van der Waals surface area contributed by atoms with Gasteiger partial charge in [-0.1, -0.05) is 68.0 Å². The molecule has 0 radical (unpaired) electrons. The molecular formula is C16H32N2O2. The zero-order chi connectivity index (χ0) is 17.1. The zero-order valence-electron chi connectivity index (χ0n) is 14.6. The molecule has 0 bridgehead atoms. The largest absolute Gasteiger partial charge is 0.287 e. The Morgan fingerprint density at radius 2 is 1.30 bits per heavy atom. The Kier molecular flexibility index (Phi) is 30.1. The number of imide groups is 1. The second-order valence-electron chi connectivity index (χ2n) is 2.27. The van der Waals surface area contributed by atoms with Crippen molar-refractivity contribution in [2.24, 2.45) is 4.99 Å². The Hall–Kier alpha value is -1.71. The van der Waals surface area contributed by atoms with E-state index in [0.29, 0.717) is 5.57 Å². The Balaban J connectivity index is -0.000000138. The van der Waals surface area contributed by atoms with Crippen LogP contribution in [0.25, 0.3) is 0 Å². The van der Waals surface area contributed by atoms with Crippen LogP contribution in [0.1, 0.15) is 62.3 Å². The van der Waals surface area contributed by atoms with E-state index in [9.17, 15) is 9.59 Å². The maximum absolute atomic E-state index is 11.0. The van der Waals surface area contributed by atoms with Crippen molar-refractivity contribution < 1.29 is 9.59 Å². The van der Waals surface area contributed by atoms with Gasteiger partial charge in [0.05, 0.1) is 0 Å². The van der Waals surface area contributed by atoms with Crippen LogP contribution in [-0.4, -0.2) is 18.0 Å². The number of hydrogen-bond donors (Lipinski definition) is 1. The van der Waals surface area contributed by atoms with Gasteiger partial charge < -0.3 is 0 Å². The summed E-state index contributed by atoms with van der Waals surface area (Å²) >= 11 is 0. The van der Waals surface area contributed by atoms with E-state index in [-0.39, 0.29) is 11.6 Å². The third-order valence-electron chi connectivity index (χ3n) is 1.45. The summed E-state index contributed by atoms with van der Waals surface area (Å²) in [7, 11) is 0. The number of nitrogens with zero attached hydrogens (tertiary/aromatic N) is 1. The van der Waals surface area contributed by atoms with Gasteiger partial charge in [-0.05, 0) is 6.92 Å². The highest BCUT2D eigenvalue weighted by Gasteiger charge is 2.25. The predicted octanol–water partition coefficient (Wildman–Crippen LogP) is 4.28. The van der Waals surface area contributed by atoms with Gasteiger partial charge in [-0.3, -0.25) is 19.9 Å². The highest BCUT2D eigenvalue weighted by Crippen LogP contribution is 2.11. The molecule has 2 amide bonds. The van der Waals surface area contributed by atoms with Gasteiger partial charge in [-0.15, -0.1) is 0 Å². The standard InChI is InChI=1S/C8H8N2O2.4C2H6/c1-3-4-9-6-5(2)7(11)10-8(6)12;4*1-2/h3-4H,1H2,2H3,(H,10,11,12);4*1-2H3. The summed E-state index contributed by atoms with van der Waals surface area (Å²) in [6.45, 7) is 21.0. The first kappa shape index (κ1) is 26.8. The average molecular weight is 284 g/mol. The normalized spacial score (nSPS) is 11.7. The van der Waals surface area contributed by atoms with Crippen LogP contribution in [-0.2, 0) is 9.59 Å². The van der Waals surface area contributed by atoms with E-state index in [2.05, 4.69) is 16.9 Å². The molecule has 0 saturated heterocycles. The van der Waals surface area contributed by atoms with Crippen molar-refractivity contribution in [3.05, 3.63) is 23.9 Å². The Morgan fingerprint density at radius 1 is 0.900 bits per heavy atom. The van der Waals surface area contributed by atoms with Crippen molar-refractivity contribution in [3.8, 4) is 0 Å². The molecule has 118 valence electrons. The van der Waals surface area contributed by atoms with Crippen molar-refractivity contribution in [1.82, 2.24) is 5.32 Å². The molecule has 1 aliphatic heterocycles. The average Bonchev–Trinajstić information content (AvgIpc) is 2.78. The third kappa shape index (κ3) is 11.4. The SMILES string of the molecule is C=CC=NC1=C(C)C(=O)NC1=O.CC.CC.CC.CC. The third-order valence-corrected chi connectivity index (χ3v) is 1.45. The molecule has 0 atom stereocenters. The topological polar surface area (TPSA) is 58.5 Å². The molecule has 0 aromatic rings. The highest BCUT2D eigenvalue weighted by molar-refractivity contribution is 6.19. The second kappa shape index (κ2) is 22.5. The predicted molar refractivity (Wildman–Crippen MR) is 89.9 cm³/mol. The number of aliphatic imine (C=N–C) groups is 1. The van der Waals surface area contributed by atoms with Gasteiger partial charge in [0.15, 0.2) is 0 Å². The summed E-state index contributed by atoms with van der Waals surface area (Å²) in [6, 6.07) is 0. The van der Waals surface area contributed by atoms with Crippen LogP contribution in [0, 0.1) is 0 Å². The fourth-order valence-corrected chi connectivity index (χ4v) is 0.817. The summed E-state index contributed by atoms with van der Waals surface area (Å²) in [5.41, 5.74) is 0.512. The van der Waals surface area contributed by atoms with E-state index >= 15 is 0 Å². The number of allylic oxidation sites excluding steroid dienone is 1. The van der Waals surface area contributed by atoms with E-state index in [0.717, 1.165) is 0 Å². The minimum absolute atomic E-state index is 0.167. The Labute approximate surface area is 125 Å². The number of rotatable bonds is 2. The Bertz CT molecular complexity index is 316. The van der Waals surface area contributed by atoms with Crippen LogP contribution in [0.3, 0.4) is 0 Å². The second-order valence-corrected chi connectivity index (χ2v) is 2.27. The number of nitrogens with one attached hydrogen (secondary N) is 1. The Morgan fingerprint density at radius 3 is 1.55 bits per heavy atom. The summed E-state index contributed by atoms with van der Waals surface area (Å²) in [5.74, 6) is -0.827. The van der Waals surface area contributed by atoms with Gasteiger partial charge in [-0.25, -0.2) is 0 Å². The summed E-state index contributed by atoms with van der Waals surface area (Å²) in [6.07, 6.45) is 2.81. The maximum Gasteiger partial charge on any atom is 0.277 e. The van der Waals surface area contributed by atoms with E-state index in [1.807, 2.05) is 55.4 Å². The van der Waals surface area contributed by atoms with Crippen LogP contribution < -0.4 is 5.32 Å². The number of carbonyl (C=O) groups is 2. The lowest BCUT2D eigenvalue weighted by Gasteiger charge is -1.87. The van der Waals surface area contributed by atoms with Crippen molar-refractivity contribution in [1.29, 1.82) is 0 Å². The lowest BCUT2D eigenvalue weighted by atomic mass is 10.3. The number of hydrogen-bond acceptors (Lipinski definition) is 3. The highest BCUT2D eigenvalue weighted by atomic mass is 16.2. The first-order valence-electron chi connectivity index (χ1n) is 7.38. The molecule has 1 rings (SSSR count). The molecule has 0 fully saturated rings. The smallest absolute Gasteiger partial charge is 0.277 e. The van der Waals surface area contributed by atoms with Crippen molar-refractivity contribution in [2.45, 2.75) is 62.3 Å². The number of carbonyl (C=O) groups excluding carboxylic acids is 2. The molecule has 1 aliphatic rings. The fourth-order valence-electron chi connectivity index (χ4n) is 0.817. The lowest BCUT2D eigenvalue weighted by Crippen LogP contribution is -2.22. The van der Waals surface area contributed by atoms with Crippen molar-refractivity contribution >= 4 is 18.0 Å². The van der Waals surface area contributed by atoms with Gasteiger partial charge in [-0.2, -0.15) is 0 Å². The zero-order valence-corrected chi connectivity index (χ0v) is 14.6. The van der Waals surface area contributed by atoms with Crippen LogP contribution in [0.5, 0.6) is 0 Å². The van der Waals surface area contributed by atoms with Gasteiger partial charge >= 0.3 is 0 Å². The molecule has 20 heavy (non-hydrogen) atoms. The van der Waals surface area contributed by atoms with Crippen LogP contribution in [0.2, 0.25) is 0 Å². The maximum atomic E-state index is 11.0. The van der Waals surface area contributed by atoms with E-state index in [1.54, 1.807) is 6.92 Å². The van der Waals surface area contributed by atoms with Crippen LogP contribution in [0.4, 0.5) is 0 Å². The van der Waals surface area contributed by atoms with E-state index < -0.39 is 5.91 Å². The molecule has 0 aromatic heterocycles. The van der Waals surface area contributed by atoms with Crippen molar-refractivity contribution in [3.63, 3.8) is 0 Å². The van der Waals surface area contributed by atoms with E-state index in [1.165, 1.54) is 12.3 Å². The number of amides is 2. The van der Waals surface area contributed by atoms with Gasteiger partial charge in [0.1, 0.15) is 5.70 Å². The van der Waals surface area contributed by atoms with Gasteiger partial charge in [0.25, 0.3) is 11.8 Å². The first-order chi connectivity index (χ1) is 9.66. The molecule has 0 aromatic carbocycles. The van der Waals surface area contributed by atoms with Gasteiger partial charge in [0.2, 0.25) is 0 Å². The molecule has 0 unspecified atom stereocenters. The molecule has 1 heterocycles. The molecule has 0 saturated carbocycles. The van der Waals surface area contributed by atoms with E-state index in [4.69, 9.17) is 0 Å². The van der Waals surface area contributed by atoms with Crippen molar-refractivity contribution in [2.75, 3.05) is 0 Å². The molecule has 4 heteroatoms. The fraction of sp³-hybridized carbons (Fsp3) is 0.562. The minimum atomic E-state index is -0.449. The molecule has 4 nitrogen and oxygen atoms in total. The summed E-state index contributed by atoms with van der Waals surface area (Å²) in [5, 5.41) is 2.13. The molecule has 0 spiro atoms. The van der Waals surface area contributed by atoms with Crippen LogP contribution >= 0.6 is 0 Å². The molecule has 1 N–H and O–H groups in total.